The summed E-state index contributed by atoms with van der Waals surface area (Å²) in [5.74, 6) is -1.77. The van der Waals surface area contributed by atoms with E-state index in [4.69, 9.17) is 0 Å². The molecule has 0 radical (unpaired) electrons. The standard InChI is InChI=1S/C19H33O4P/c1-9-12-14(18(3,4)5)11-15(19(6,7)8)13(10-2)16(12)17(20)24(21,22)23/h11,17,20H,9-10H2,1-8H3,(H2,21,22,23). The highest BCUT2D eigenvalue weighted by Gasteiger charge is 2.36. The first kappa shape index (κ1) is 21.4. The molecule has 0 bridgehead atoms. The van der Waals surface area contributed by atoms with Crippen LogP contribution in [0.1, 0.15) is 89.1 Å². The van der Waals surface area contributed by atoms with E-state index >= 15 is 0 Å². The van der Waals surface area contributed by atoms with E-state index in [1.807, 2.05) is 13.8 Å². The molecule has 0 fully saturated rings. The van der Waals surface area contributed by atoms with E-state index in [2.05, 4.69) is 47.6 Å². The van der Waals surface area contributed by atoms with Gasteiger partial charge in [0.2, 0.25) is 0 Å². The molecule has 5 heteroatoms. The van der Waals surface area contributed by atoms with E-state index in [1.54, 1.807) is 0 Å². The molecule has 3 N–H and O–H groups in total. The molecule has 0 aromatic heterocycles. The van der Waals surface area contributed by atoms with E-state index in [1.165, 1.54) is 0 Å². The molecule has 0 aliphatic heterocycles. The van der Waals surface area contributed by atoms with Crippen molar-refractivity contribution in [2.24, 2.45) is 0 Å². The van der Waals surface area contributed by atoms with E-state index < -0.39 is 13.4 Å². The van der Waals surface area contributed by atoms with Crippen LogP contribution in [0.25, 0.3) is 0 Å². The monoisotopic (exact) mass is 356 g/mol. The third-order valence-corrected chi connectivity index (χ3v) is 5.38. The van der Waals surface area contributed by atoms with Gasteiger partial charge in [-0.25, -0.2) is 0 Å². The maximum absolute atomic E-state index is 11.8. The molecule has 1 aromatic rings. The predicted molar refractivity (Wildman–Crippen MR) is 99.6 cm³/mol. The molecule has 1 atom stereocenters. The van der Waals surface area contributed by atoms with Crippen molar-refractivity contribution in [1.82, 2.24) is 0 Å². The summed E-state index contributed by atoms with van der Waals surface area (Å²) in [5.41, 5.74) is 3.91. The molecule has 138 valence electrons. The minimum Gasteiger partial charge on any atom is -0.376 e. The van der Waals surface area contributed by atoms with Crippen LogP contribution in [-0.2, 0) is 28.2 Å². The summed E-state index contributed by atoms with van der Waals surface area (Å²) < 4.78 is 11.8. The molecule has 0 aliphatic carbocycles. The molecule has 0 spiro atoms. The van der Waals surface area contributed by atoms with Gasteiger partial charge < -0.3 is 14.9 Å². The summed E-state index contributed by atoms with van der Waals surface area (Å²) in [6.07, 6.45) is 1.24. The summed E-state index contributed by atoms with van der Waals surface area (Å²) in [6, 6.07) is 2.17. The lowest BCUT2D eigenvalue weighted by atomic mass is 9.73. The Balaban J connectivity index is 4.04. The van der Waals surface area contributed by atoms with E-state index in [9.17, 15) is 19.5 Å². The summed E-state index contributed by atoms with van der Waals surface area (Å²) in [6.45, 7) is 16.5. The van der Waals surface area contributed by atoms with Crippen LogP contribution >= 0.6 is 7.60 Å². The van der Waals surface area contributed by atoms with Crippen LogP contribution < -0.4 is 0 Å². The van der Waals surface area contributed by atoms with Crippen molar-refractivity contribution >= 4 is 7.60 Å². The minimum absolute atomic E-state index is 0.180. The van der Waals surface area contributed by atoms with Gasteiger partial charge in [0.15, 0.2) is 5.85 Å². The Hall–Kier alpha value is -0.670. The molecule has 0 saturated carbocycles. The van der Waals surface area contributed by atoms with Crippen LogP contribution in [0.4, 0.5) is 0 Å². The summed E-state index contributed by atoms with van der Waals surface area (Å²) in [4.78, 5) is 19.3. The first-order valence-corrected chi connectivity index (χ1v) is 10.3. The Morgan fingerprint density at radius 1 is 0.917 bits per heavy atom. The summed E-state index contributed by atoms with van der Waals surface area (Å²) >= 11 is 0. The number of hydrogen-bond donors (Lipinski definition) is 3. The number of benzene rings is 1. The zero-order valence-electron chi connectivity index (χ0n) is 16.3. The van der Waals surface area contributed by atoms with Crippen LogP contribution in [0.15, 0.2) is 6.07 Å². The van der Waals surface area contributed by atoms with Crippen molar-refractivity contribution in [3.63, 3.8) is 0 Å². The van der Waals surface area contributed by atoms with Crippen molar-refractivity contribution in [3.05, 3.63) is 33.9 Å². The predicted octanol–water partition coefficient (Wildman–Crippen LogP) is 4.58. The van der Waals surface area contributed by atoms with Gasteiger partial charge in [-0.15, -0.1) is 0 Å². The van der Waals surface area contributed by atoms with Gasteiger partial charge in [-0.05, 0) is 51.5 Å². The molecule has 0 heterocycles. The smallest absolute Gasteiger partial charge is 0.358 e. The first-order chi connectivity index (χ1) is 10.7. The highest BCUT2D eigenvalue weighted by molar-refractivity contribution is 7.51. The third kappa shape index (κ3) is 4.29. The topological polar surface area (TPSA) is 77.8 Å². The first-order valence-electron chi connectivity index (χ1n) is 8.59. The van der Waals surface area contributed by atoms with Gasteiger partial charge in [0.05, 0.1) is 0 Å². The molecule has 24 heavy (non-hydrogen) atoms. The number of hydrogen-bond acceptors (Lipinski definition) is 2. The summed E-state index contributed by atoms with van der Waals surface area (Å²) in [7, 11) is -4.65. The van der Waals surface area contributed by atoms with Gasteiger partial charge in [-0.1, -0.05) is 61.5 Å². The molecule has 0 amide bonds. The molecular weight excluding hydrogens is 323 g/mol. The highest BCUT2D eigenvalue weighted by atomic mass is 31.2. The fourth-order valence-electron chi connectivity index (χ4n) is 3.37. The third-order valence-electron chi connectivity index (χ3n) is 4.49. The van der Waals surface area contributed by atoms with E-state index in [0.29, 0.717) is 18.4 Å². The summed E-state index contributed by atoms with van der Waals surface area (Å²) in [5, 5.41) is 10.5. The molecular formula is C19H33O4P. The second-order valence-electron chi connectivity index (χ2n) is 8.51. The van der Waals surface area contributed by atoms with Crippen LogP contribution in [-0.4, -0.2) is 14.9 Å². The Labute approximate surface area is 146 Å². The zero-order chi connectivity index (χ0) is 19.1. The number of aliphatic hydroxyl groups is 1. The Morgan fingerprint density at radius 2 is 1.25 bits per heavy atom. The fraction of sp³-hybridized carbons (Fsp3) is 0.684. The lowest BCUT2D eigenvalue weighted by Crippen LogP contribution is -2.24. The molecule has 1 aromatic carbocycles. The van der Waals surface area contributed by atoms with Gasteiger partial charge in [-0.3, -0.25) is 4.57 Å². The highest BCUT2D eigenvalue weighted by Crippen LogP contribution is 2.53. The van der Waals surface area contributed by atoms with Crippen molar-refractivity contribution < 1.29 is 19.5 Å². The van der Waals surface area contributed by atoms with E-state index in [-0.39, 0.29) is 10.8 Å². The molecule has 4 nitrogen and oxygen atoms in total. The molecule has 1 unspecified atom stereocenters. The SMILES string of the molecule is CCc1c(C(C)(C)C)cc(C(C)(C)C)c(CC)c1C(O)P(=O)(O)O. The van der Waals surface area contributed by atoms with Crippen LogP contribution in [0.5, 0.6) is 0 Å². The maximum atomic E-state index is 11.8. The Morgan fingerprint density at radius 3 is 1.46 bits per heavy atom. The van der Waals surface area contributed by atoms with Gasteiger partial charge in [0.25, 0.3) is 0 Å². The van der Waals surface area contributed by atoms with Crippen LogP contribution in [0.3, 0.4) is 0 Å². The number of aliphatic hydroxyl groups excluding tert-OH is 1. The van der Waals surface area contributed by atoms with Gasteiger partial charge in [0, 0.05) is 0 Å². The fourth-order valence-corrected chi connectivity index (χ4v) is 4.02. The molecule has 1 rings (SSSR count). The molecule has 0 saturated heterocycles. The zero-order valence-corrected chi connectivity index (χ0v) is 17.2. The van der Waals surface area contributed by atoms with Crippen molar-refractivity contribution in [2.45, 2.75) is 84.9 Å². The van der Waals surface area contributed by atoms with Crippen molar-refractivity contribution in [3.8, 4) is 0 Å². The normalized spacial score (nSPS) is 14.8. The average molecular weight is 356 g/mol. The Kier molecular flexibility index (Phi) is 6.16. The second-order valence-corrected chi connectivity index (χ2v) is 10.2. The average Bonchev–Trinajstić information content (AvgIpc) is 2.40. The quantitative estimate of drug-likeness (QED) is 0.690. The van der Waals surface area contributed by atoms with E-state index in [0.717, 1.165) is 22.3 Å². The van der Waals surface area contributed by atoms with Crippen molar-refractivity contribution in [1.29, 1.82) is 0 Å². The minimum atomic E-state index is -4.65. The van der Waals surface area contributed by atoms with Crippen LogP contribution in [0, 0.1) is 0 Å². The number of rotatable bonds is 4. The largest absolute Gasteiger partial charge is 0.376 e. The van der Waals surface area contributed by atoms with Gasteiger partial charge in [0.1, 0.15) is 0 Å². The van der Waals surface area contributed by atoms with Gasteiger partial charge in [-0.2, -0.15) is 0 Å². The second kappa shape index (κ2) is 6.92. The van der Waals surface area contributed by atoms with Crippen molar-refractivity contribution in [2.75, 3.05) is 0 Å². The lowest BCUT2D eigenvalue weighted by Gasteiger charge is -2.34. The Bertz CT molecular complexity index is 605. The van der Waals surface area contributed by atoms with Crippen LogP contribution in [0.2, 0.25) is 0 Å². The van der Waals surface area contributed by atoms with Gasteiger partial charge >= 0.3 is 7.60 Å². The lowest BCUT2D eigenvalue weighted by molar-refractivity contribution is 0.203. The molecule has 0 aliphatic rings. The maximum Gasteiger partial charge on any atom is 0.358 e.